The standard InChI is InChI=1S/C16H14O6/c1-20-12-8-11(15(17)18)9-13(21-2)14(12)22-16(19)10-6-4-3-5-7-10/h3-9H,1-2H3,(H,17,18). The quantitative estimate of drug-likeness (QED) is 0.675. The van der Waals surface area contributed by atoms with E-state index >= 15 is 0 Å². The first-order chi connectivity index (χ1) is 10.6. The maximum atomic E-state index is 12.1. The molecule has 0 aliphatic heterocycles. The summed E-state index contributed by atoms with van der Waals surface area (Å²) in [7, 11) is 2.69. The molecule has 0 aliphatic carbocycles. The lowest BCUT2D eigenvalue weighted by Gasteiger charge is -2.14. The normalized spacial score (nSPS) is 9.91. The van der Waals surface area contributed by atoms with Crippen molar-refractivity contribution in [2.24, 2.45) is 0 Å². The van der Waals surface area contributed by atoms with Crippen molar-refractivity contribution >= 4 is 11.9 Å². The summed E-state index contributed by atoms with van der Waals surface area (Å²) in [6, 6.07) is 10.9. The molecular weight excluding hydrogens is 288 g/mol. The van der Waals surface area contributed by atoms with Crippen LogP contribution in [-0.4, -0.2) is 31.3 Å². The molecule has 0 aromatic heterocycles. The summed E-state index contributed by atoms with van der Waals surface area (Å²) < 4.78 is 15.5. The van der Waals surface area contributed by atoms with Crippen LogP contribution in [0, 0.1) is 0 Å². The fourth-order valence-corrected chi connectivity index (χ4v) is 1.83. The van der Waals surface area contributed by atoms with Crippen LogP contribution in [0.25, 0.3) is 0 Å². The Bertz CT molecular complexity index is 668. The summed E-state index contributed by atoms with van der Waals surface area (Å²) in [5, 5.41) is 9.06. The zero-order valence-electron chi connectivity index (χ0n) is 12.0. The zero-order valence-corrected chi connectivity index (χ0v) is 12.0. The molecule has 0 fully saturated rings. The second kappa shape index (κ2) is 6.62. The van der Waals surface area contributed by atoms with E-state index in [-0.39, 0.29) is 22.8 Å². The van der Waals surface area contributed by atoms with Crippen molar-refractivity contribution in [3.63, 3.8) is 0 Å². The molecule has 0 saturated heterocycles. The van der Waals surface area contributed by atoms with Crippen molar-refractivity contribution in [3.05, 3.63) is 53.6 Å². The number of rotatable bonds is 5. The molecule has 1 N–H and O–H groups in total. The summed E-state index contributed by atoms with van der Waals surface area (Å²) >= 11 is 0. The van der Waals surface area contributed by atoms with Crippen molar-refractivity contribution in [1.82, 2.24) is 0 Å². The van der Waals surface area contributed by atoms with Crippen LogP contribution in [-0.2, 0) is 0 Å². The number of esters is 1. The Morgan fingerprint density at radius 3 is 1.91 bits per heavy atom. The average Bonchev–Trinajstić information content (AvgIpc) is 2.55. The molecule has 0 amide bonds. The van der Waals surface area contributed by atoms with Gasteiger partial charge in [0.2, 0.25) is 5.75 Å². The summed E-state index contributed by atoms with van der Waals surface area (Å²) in [6.45, 7) is 0. The molecule has 2 aromatic rings. The van der Waals surface area contributed by atoms with Crippen molar-refractivity contribution in [2.75, 3.05) is 14.2 Å². The Balaban J connectivity index is 2.41. The van der Waals surface area contributed by atoms with Gasteiger partial charge in [-0.3, -0.25) is 0 Å². The molecular formula is C16H14O6. The minimum Gasteiger partial charge on any atom is -0.493 e. The van der Waals surface area contributed by atoms with E-state index < -0.39 is 11.9 Å². The molecule has 0 radical (unpaired) electrons. The van der Waals surface area contributed by atoms with E-state index in [1.165, 1.54) is 26.4 Å². The first kappa shape index (κ1) is 15.4. The third-order valence-electron chi connectivity index (χ3n) is 2.91. The fourth-order valence-electron chi connectivity index (χ4n) is 1.83. The van der Waals surface area contributed by atoms with E-state index in [2.05, 4.69) is 0 Å². The van der Waals surface area contributed by atoms with Gasteiger partial charge < -0.3 is 19.3 Å². The van der Waals surface area contributed by atoms with Gasteiger partial charge in [-0.05, 0) is 24.3 Å². The fraction of sp³-hybridized carbons (Fsp3) is 0.125. The van der Waals surface area contributed by atoms with Gasteiger partial charge in [0, 0.05) is 0 Å². The number of carbonyl (C=O) groups excluding carboxylic acids is 1. The zero-order chi connectivity index (χ0) is 16.1. The summed E-state index contributed by atoms with van der Waals surface area (Å²) in [5.74, 6) is -1.51. The highest BCUT2D eigenvalue weighted by atomic mass is 16.6. The van der Waals surface area contributed by atoms with Gasteiger partial charge in [-0.25, -0.2) is 9.59 Å². The molecule has 6 nitrogen and oxygen atoms in total. The number of benzene rings is 2. The van der Waals surface area contributed by atoms with Crippen molar-refractivity contribution < 1.29 is 28.9 Å². The third-order valence-corrected chi connectivity index (χ3v) is 2.91. The Morgan fingerprint density at radius 1 is 0.909 bits per heavy atom. The number of methoxy groups -OCH3 is 2. The number of carboxylic acid groups (broad SMARTS) is 1. The SMILES string of the molecule is COc1cc(C(=O)O)cc(OC)c1OC(=O)c1ccccc1. The van der Waals surface area contributed by atoms with Crippen molar-refractivity contribution in [3.8, 4) is 17.2 Å². The molecule has 0 saturated carbocycles. The molecule has 2 aromatic carbocycles. The van der Waals surface area contributed by atoms with Gasteiger partial charge in [0.25, 0.3) is 0 Å². The van der Waals surface area contributed by atoms with Gasteiger partial charge in [0.1, 0.15) is 0 Å². The molecule has 0 spiro atoms. The molecule has 0 atom stereocenters. The van der Waals surface area contributed by atoms with E-state index in [4.69, 9.17) is 19.3 Å². The summed E-state index contributed by atoms with van der Waals surface area (Å²) in [5.41, 5.74) is 0.321. The second-order valence-corrected chi connectivity index (χ2v) is 4.27. The van der Waals surface area contributed by atoms with E-state index in [0.29, 0.717) is 5.56 Å². The first-order valence-corrected chi connectivity index (χ1v) is 6.33. The monoisotopic (exact) mass is 302 g/mol. The van der Waals surface area contributed by atoms with E-state index in [0.717, 1.165) is 0 Å². The highest BCUT2D eigenvalue weighted by molar-refractivity contribution is 5.93. The molecule has 0 bridgehead atoms. The Morgan fingerprint density at radius 2 is 1.45 bits per heavy atom. The van der Waals surface area contributed by atoms with E-state index in [1.807, 2.05) is 0 Å². The van der Waals surface area contributed by atoms with Crippen LogP contribution in [0.4, 0.5) is 0 Å². The van der Waals surface area contributed by atoms with Crippen LogP contribution in [0.1, 0.15) is 20.7 Å². The minimum atomic E-state index is -1.14. The van der Waals surface area contributed by atoms with Crippen LogP contribution in [0.5, 0.6) is 17.2 Å². The third kappa shape index (κ3) is 3.17. The van der Waals surface area contributed by atoms with Gasteiger partial charge >= 0.3 is 11.9 Å². The number of aromatic carboxylic acids is 1. The smallest absolute Gasteiger partial charge is 0.343 e. The predicted octanol–water partition coefficient (Wildman–Crippen LogP) is 2.62. The molecule has 114 valence electrons. The number of carboxylic acids is 1. The lowest BCUT2D eigenvalue weighted by atomic mass is 10.2. The number of ether oxygens (including phenoxy) is 3. The number of carbonyl (C=O) groups is 2. The van der Waals surface area contributed by atoms with Gasteiger partial charge in [0.15, 0.2) is 11.5 Å². The Hall–Kier alpha value is -3.02. The molecule has 0 heterocycles. The average molecular weight is 302 g/mol. The van der Waals surface area contributed by atoms with Gasteiger partial charge in [-0.15, -0.1) is 0 Å². The molecule has 0 aliphatic rings. The Labute approximate surface area is 126 Å². The maximum absolute atomic E-state index is 12.1. The second-order valence-electron chi connectivity index (χ2n) is 4.27. The van der Waals surface area contributed by atoms with Crippen molar-refractivity contribution in [1.29, 1.82) is 0 Å². The molecule has 22 heavy (non-hydrogen) atoms. The molecule has 6 heteroatoms. The van der Waals surface area contributed by atoms with Crippen LogP contribution in [0.3, 0.4) is 0 Å². The number of hydrogen-bond acceptors (Lipinski definition) is 5. The van der Waals surface area contributed by atoms with Crippen LogP contribution in [0.15, 0.2) is 42.5 Å². The molecule has 0 unspecified atom stereocenters. The number of hydrogen-bond donors (Lipinski definition) is 1. The van der Waals surface area contributed by atoms with E-state index in [9.17, 15) is 9.59 Å². The van der Waals surface area contributed by atoms with Crippen LogP contribution in [0.2, 0.25) is 0 Å². The lowest BCUT2D eigenvalue weighted by Crippen LogP contribution is -2.11. The minimum absolute atomic E-state index is 0.0313. The Kier molecular flexibility index (Phi) is 4.63. The van der Waals surface area contributed by atoms with Crippen LogP contribution < -0.4 is 14.2 Å². The first-order valence-electron chi connectivity index (χ1n) is 6.33. The summed E-state index contributed by atoms with van der Waals surface area (Å²) in [4.78, 5) is 23.2. The maximum Gasteiger partial charge on any atom is 0.343 e. The van der Waals surface area contributed by atoms with Gasteiger partial charge in [-0.1, -0.05) is 18.2 Å². The topological polar surface area (TPSA) is 82.1 Å². The van der Waals surface area contributed by atoms with E-state index in [1.54, 1.807) is 30.3 Å². The highest BCUT2D eigenvalue weighted by Crippen LogP contribution is 2.39. The predicted molar refractivity (Wildman–Crippen MR) is 77.9 cm³/mol. The van der Waals surface area contributed by atoms with Crippen molar-refractivity contribution in [2.45, 2.75) is 0 Å². The van der Waals surface area contributed by atoms with Gasteiger partial charge in [0.05, 0.1) is 25.3 Å². The molecule has 2 rings (SSSR count). The largest absolute Gasteiger partial charge is 0.493 e. The highest BCUT2D eigenvalue weighted by Gasteiger charge is 2.20. The lowest BCUT2D eigenvalue weighted by molar-refractivity contribution is 0.0696. The van der Waals surface area contributed by atoms with Gasteiger partial charge in [-0.2, -0.15) is 0 Å². The summed E-state index contributed by atoms with van der Waals surface area (Å²) in [6.07, 6.45) is 0. The van der Waals surface area contributed by atoms with Crippen LogP contribution >= 0.6 is 0 Å².